The molecule has 0 bridgehead atoms. The monoisotopic (exact) mass is 235 g/mol. The van der Waals surface area contributed by atoms with Gasteiger partial charge in [-0.1, -0.05) is 30.3 Å². The Bertz CT molecular complexity index is 675. The van der Waals surface area contributed by atoms with Crippen LogP contribution in [0.3, 0.4) is 0 Å². The van der Waals surface area contributed by atoms with Crippen molar-refractivity contribution in [1.82, 2.24) is 0 Å². The predicted molar refractivity (Wildman–Crippen MR) is 75.0 cm³/mol. The number of aromatic amines is 1. The van der Waals surface area contributed by atoms with E-state index in [1.807, 2.05) is 24.5 Å². The summed E-state index contributed by atoms with van der Waals surface area (Å²) in [6.45, 7) is 2.14. The van der Waals surface area contributed by atoms with Gasteiger partial charge in [0.25, 0.3) is 0 Å². The van der Waals surface area contributed by atoms with E-state index in [0.29, 0.717) is 0 Å². The highest BCUT2D eigenvalue weighted by molar-refractivity contribution is 5.97. The number of aromatic nitrogens is 1. The quantitative estimate of drug-likeness (QED) is 0.720. The van der Waals surface area contributed by atoms with Crippen molar-refractivity contribution in [2.45, 2.75) is 6.92 Å². The maximum Gasteiger partial charge on any atom is 0.169 e. The van der Waals surface area contributed by atoms with Crippen LogP contribution in [0.1, 0.15) is 5.56 Å². The molecule has 0 aliphatic carbocycles. The molecule has 0 fully saturated rings. The third kappa shape index (κ3) is 1.93. The molecule has 1 aromatic heterocycles. The van der Waals surface area contributed by atoms with Crippen molar-refractivity contribution >= 4 is 22.1 Å². The zero-order chi connectivity index (χ0) is 12.4. The molecular weight excluding hydrogens is 220 g/mol. The first-order valence-electron chi connectivity index (χ1n) is 6.06. The molecule has 0 aliphatic rings. The number of aryl methyl sites for hydroxylation is 1. The molecule has 0 atom stereocenters. The van der Waals surface area contributed by atoms with Gasteiger partial charge in [-0.25, -0.2) is 4.98 Å². The standard InChI is InChI=1S/C16H14N2/c1-12-4-2-6-15-14(12)5-3-7-16(15)18-13-8-10-17-11-9-13/h2-11H,1H3,(H,17,18)/p+1. The molecule has 0 saturated carbocycles. The van der Waals surface area contributed by atoms with Crippen LogP contribution in [-0.2, 0) is 0 Å². The number of H-pyrrole nitrogens is 1. The van der Waals surface area contributed by atoms with Gasteiger partial charge < -0.3 is 5.32 Å². The Kier molecular flexibility index (Phi) is 2.69. The van der Waals surface area contributed by atoms with Gasteiger partial charge in [0.15, 0.2) is 12.4 Å². The number of hydrogen-bond donors (Lipinski definition) is 1. The molecule has 2 heteroatoms. The molecule has 0 saturated heterocycles. The number of rotatable bonds is 2. The highest BCUT2D eigenvalue weighted by Crippen LogP contribution is 2.27. The van der Waals surface area contributed by atoms with Gasteiger partial charge in [0, 0.05) is 23.2 Å². The van der Waals surface area contributed by atoms with Gasteiger partial charge in [-0.15, -0.1) is 0 Å². The second-order valence-corrected chi connectivity index (χ2v) is 4.39. The van der Waals surface area contributed by atoms with Crippen molar-refractivity contribution in [2.24, 2.45) is 0 Å². The van der Waals surface area contributed by atoms with Gasteiger partial charge in [0.2, 0.25) is 0 Å². The van der Waals surface area contributed by atoms with Crippen molar-refractivity contribution in [2.75, 3.05) is 5.32 Å². The Morgan fingerprint density at radius 1 is 0.833 bits per heavy atom. The third-order valence-corrected chi connectivity index (χ3v) is 3.14. The van der Waals surface area contributed by atoms with Crippen molar-refractivity contribution in [3.63, 3.8) is 0 Å². The first-order valence-corrected chi connectivity index (χ1v) is 6.06. The van der Waals surface area contributed by atoms with Gasteiger partial charge in [0.1, 0.15) is 0 Å². The molecule has 88 valence electrons. The van der Waals surface area contributed by atoms with E-state index in [1.165, 1.54) is 16.3 Å². The summed E-state index contributed by atoms with van der Waals surface area (Å²) in [5.41, 5.74) is 3.53. The largest absolute Gasteiger partial charge is 0.355 e. The van der Waals surface area contributed by atoms with Crippen LogP contribution in [0.2, 0.25) is 0 Å². The fourth-order valence-corrected chi connectivity index (χ4v) is 2.20. The number of hydrogen-bond acceptors (Lipinski definition) is 1. The Balaban J connectivity index is 2.10. The lowest BCUT2D eigenvalue weighted by molar-refractivity contribution is -0.377. The first kappa shape index (κ1) is 10.8. The molecule has 0 unspecified atom stereocenters. The molecule has 2 N–H and O–H groups in total. The average Bonchev–Trinajstić information content (AvgIpc) is 2.41. The second kappa shape index (κ2) is 4.49. The van der Waals surface area contributed by atoms with E-state index in [-0.39, 0.29) is 0 Å². The Labute approximate surface area is 106 Å². The molecule has 0 amide bonds. The first-order chi connectivity index (χ1) is 8.84. The summed E-state index contributed by atoms with van der Waals surface area (Å²) in [5.74, 6) is 0. The fourth-order valence-electron chi connectivity index (χ4n) is 2.20. The van der Waals surface area contributed by atoms with E-state index >= 15 is 0 Å². The predicted octanol–water partition coefficient (Wildman–Crippen LogP) is 3.71. The Hall–Kier alpha value is -2.35. The molecule has 18 heavy (non-hydrogen) atoms. The van der Waals surface area contributed by atoms with Crippen LogP contribution in [0.15, 0.2) is 60.9 Å². The maximum absolute atomic E-state index is 3.45. The van der Waals surface area contributed by atoms with Crippen LogP contribution in [0.25, 0.3) is 10.8 Å². The molecule has 0 aliphatic heterocycles. The van der Waals surface area contributed by atoms with Gasteiger partial charge in [-0.3, -0.25) is 0 Å². The summed E-state index contributed by atoms with van der Waals surface area (Å²) >= 11 is 0. The van der Waals surface area contributed by atoms with Gasteiger partial charge in [-0.05, 0) is 23.9 Å². The summed E-state index contributed by atoms with van der Waals surface area (Å²) in [6, 6.07) is 16.8. The fraction of sp³-hybridized carbons (Fsp3) is 0.0625. The van der Waals surface area contributed by atoms with Crippen LogP contribution in [0, 0.1) is 6.92 Å². The highest BCUT2D eigenvalue weighted by atomic mass is 14.9. The zero-order valence-electron chi connectivity index (χ0n) is 10.3. The normalized spacial score (nSPS) is 10.5. The van der Waals surface area contributed by atoms with E-state index in [4.69, 9.17) is 0 Å². The SMILES string of the molecule is Cc1cccc2c(Nc3cc[nH+]cc3)cccc12. The average molecular weight is 235 g/mol. The van der Waals surface area contributed by atoms with Gasteiger partial charge in [0.05, 0.1) is 5.69 Å². The van der Waals surface area contributed by atoms with Crippen LogP contribution in [0.4, 0.5) is 11.4 Å². The van der Waals surface area contributed by atoms with E-state index < -0.39 is 0 Å². The van der Waals surface area contributed by atoms with Crippen LogP contribution in [0.5, 0.6) is 0 Å². The van der Waals surface area contributed by atoms with E-state index in [9.17, 15) is 0 Å². The summed E-state index contributed by atoms with van der Waals surface area (Å²) < 4.78 is 0. The molecular formula is C16H15N2+. The second-order valence-electron chi connectivity index (χ2n) is 4.39. The van der Waals surface area contributed by atoms with E-state index in [2.05, 4.69) is 53.6 Å². The number of pyridine rings is 1. The summed E-state index contributed by atoms with van der Waals surface area (Å²) in [4.78, 5) is 3.02. The molecule has 0 spiro atoms. The van der Waals surface area contributed by atoms with E-state index in [1.54, 1.807) is 0 Å². The van der Waals surface area contributed by atoms with Crippen molar-refractivity contribution in [3.8, 4) is 0 Å². The lowest BCUT2D eigenvalue weighted by Crippen LogP contribution is -1.99. The van der Waals surface area contributed by atoms with Crippen molar-refractivity contribution in [1.29, 1.82) is 0 Å². The summed E-state index contributed by atoms with van der Waals surface area (Å²) in [6.07, 6.45) is 3.83. The molecule has 1 heterocycles. The van der Waals surface area contributed by atoms with Gasteiger partial charge >= 0.3 is 0 Å². The highest BCUT2D eigenvalue weighted by Gasteiger charge is 2.02. The van der Waals surface area contributed by atoms with Crippen molar-refractivity contribution < 1.29 is 4.98 Å². The number of benzene rings is 2. The van der Waals surface area contributed by atoms with Gasteiger partial charge in [-0.2, -0.15) is 0 Å². The summed E-state index contributed by atoms with van der Waals surface area (Å²) in [7, 11) is 0. The molecule has 3 rings (SSSR count). The molecule has 2 aromatic carbocycles. The molecule has 3 aromatic rings. The number of fused-ring (bicyclic) bond motifs is 1. The zero-order valence-corrected chi connectivity index (χ0v) is 10.3. The van der Waals surface area contributed by atoms with Crippen LogP contribution >= 0.6 is 0 Å². The van der Waals surface area contributed by atoms with Crippen molar-refractivity contribution in [3.05, 3.63) is 66.5 Å². The van der Waals surface area contributed by atoms with E-state index in [0.717, 1.165) is 11.4 Å². The van der Waals surface area contributed by atoms with Crippen LogP contribution in [-0.4, -0.2) is 0 Å². The Morgan fingerprint density at radius 3 is 2.39 bits per heavy atom. The number of anilines is 2. The lowest BCUT2D eigenvalue weighted by Gasteiger charge is -2.10. The minimum absolute atomic E-state index is 1.09. The third-order valence-electron chi connectivity index (χ3n) is 3.14. The van der Waals surface area contributed by atoms with Crippen LogP contribution < -0.4 is 10.3 Å². The minimum Gasteiger partial charge on any atom is -0.355 e. The lowest BCUT2D eigenvalue weighted by atomic mass is 10.0. The molecule has 2 nitrogen and oxygen atoms in total. The maximum atomic E-state index is 3.45. The topological polar surface area (TPSA) is 26.2 Å². The smallest absolute Gasteiger partial charge is 0.169 e. The molecule has 0 radical (unpaired) electrons. The Morgan fingerprint density at radius 2 is 1.56 bits per heavy atom. The number of nitrogens with one attached hydrogen (secondary N) is 2. The minimum atomic E-state index is 1.09. The summed E-state index contributed by atoms with van der Waals surface area (Å²) in [5, 5.41) is 6.01.